The summed E-state index contributed by atoms with van der Waals surface area (Å²) in [4.78, 5) is 9.61. The molecule has 23 heavy (non-hydrogen) atoms. The van der Waals surface area contributed by atoms with Crippen molar-refractivity contribution >= 4 is 37.2 Å². The van der Waals surface area contributed by atoms with E-state index in [0.717, 1.165) is 27.2 Å². The first-order valence-electron chi connectivity index (χ1n) is 7.37. The number of hydrogen-bond donors (Lipinski definition) is 1. The molecule has 0 spiro atoms. The summed E-state index contributed by atoms with van der Waals surface area (Å²) in [5.74, 6) is 1.13. The van der Waals surface area contributed by atoms with Crippen molar-refractivity contribution in [3.8, 4) is 11.1 Å². The quantitative estimate of drug-likeness (QED) is 0.790. The molecule has 0 radical (unpaired) electrons. The highest BCUT2D eigenvalue weighted by molar-refractivity contribution is 7.91. The number of aromatic nitrogens is 2. The van der Waals surface area contributed by atoms with Crippen LogP contribution in [0.1, 0.15) is 6.42 Å². The Morgan fingerprint density at radius 3 is 2.74 bits per heavy atom. The molecule has 0 saturated carbocycles. The molecule has 3 heterocycles. The topological polar surface area (TPSA) is 72.0 Å². The maximum Gasteiger partial charge on any atom is 0.152 e. The Morgan fingerprint density at radius 1 is 1.17 bits per heavy atom. The smallest absolute Gasteiger partial charge is 0.152 e. The van der Waals surface area contributed by atoms with E-state index < -0.39 is 9.84 Å². The third kappa shape index (κ3) is 2.82. The van der Waals surface area contributed by atoms with Gasteiger partial charge in [-0.05, 0) is 12.0 Å². The van der Waals surface area contributed by atoms with E-state index in [0.29, 0.717) is 6.42 Å². The van der Waals surface area contributed by atoms with Gasteiger partial charge in [0.05, 0.1) is 16.9 Å². The SMILES string of the molecule is O=S1(=O)CC[C@H](Nc2ncnc3scc(-c4ccccc4)c23)C1. The van der Waals surface area contributed by atoms with E-state index in [9.17, 15) is 8.42 Å². The number of nitrogens with zero attached hydrogens (tertiary/aromatic N) is 2. The molecule has 0 aliphatic carbocycles. The zero-order valence-electron chi connectivity index (χ0n) is 12.3. The fraction of sp³-hybridized carbons (Fsp3) is 0.250. The third-order valence-corrected chi connectivity index (χ3v) is 6.68. The Labute approximate surface area is 138 Å². The van der Waals surface area contributed by atoms with Gasteiger partial charge in [0.25, 0.3) is 0 Å². The predicted molar refractivity (Wildman–Crippen MR) is 93.5 cm³/mol. The van der Waals surface area contributed by atoms with Crippen LogP contribution < -0.4 is 5.32 Å². The van der Waals surface area contributed by atoms with Crippen LogP contribution >= 0.6 is 11.3 Å². The molecule has 1 saturated heterocycles. The molecular formula is C16H15N3O2S2. The van der Waals surface area contributed by atoms with Gasteiger partial charge in [-0.3, -0.25) is 0 Å². The number of fused-ring (bicyclic) bond motifs is 1. The molecule has 0 bridgehead atoms. The Bertz CT molecular complexity index is 952. The van der Waals surface area contributed by atoms with E-state index in [-0.39, 0.29) is 17.5 Å². The first kappa shape index (κ1) is 14.6. The van der Waals surface area contributed by atoms with Crippen molar-refractivity contribution in [3.63, 3.8) is 0 Å². The second-order valence-electron chi connectivity index (χ2n) is 5.66. The lowest BCUT2D eigenvalue weighted by Crippen LogP contribution is -2.21. The van der Waals surface area contributed by atoms with Crippen LogP contribution in [0.15, 0.2) is 42.0 Å². The molecule has 7 heteroatoms. The maximum atomic E-state index is 11.7. The number of hydrogen-bond acceptors (Lipinski definition) is 6. The summed E-state index contributed by atoms with van der Waals surface area (Å²) in [7, 11) is -2.92. The first-order valence-corrected chi connectivity index (χ1v) is 10.1. The molecule has 1 N–H and O–H groups in total. The summed E-state index contributed by atoms with van der Waals surface area (Å²) in [6, 6.07) is 10.0. The second kappa shape index (κ2) is 5.58. The van der Waals surface area contributed by atoms with E-state index in [1.165, 1.54) is 6.33 Å². The minimum atomic E-state index is -2.92. The average molecular weight is 345 g/mol. The monoisotopic (exact) mass is 345 g/mol. The third-order valence-electron chi connectivity index (χ3n) is 4.03. The van der Waals surface area contributed by atoms with Gasteiger partial charge in [-0.1, -0.05) is 30.3 Å². The summed E-state index contributed by atoms with van der Waals surface area (Å²) < 4.78 is 23.3. The number of thiophene rings is 1. The first-order chi connectivity index (χ1) is 11.1. The largest absolute Gasteiger partial charge is 0.366 e. The molecular weight excluding hydrogens is 330 g/mol. The Kier molecular flexibility index (Phi) is 3.54. The molecule has 4 rings (SSSR count). The predicted octanol–water partition coefficient (Wildman–Crippen LogP) is 2.96. The van der Waals surface area contributed by atoms with E-state index in [4.69, 9.17) is 0 Å². The zero-order chi connectivity index (χ0) is 15.9. The van der Waals surface area contributed by atoms with Crippen LogP contribution in [0.25, 0.3) is 21.3 Å². The second-order valence-corrected chi connectivity index (χ2v) is 8.75. The molecule has 2 aromatic heterocycles. The van der Waals surface area contributed by atoms with Crippen LogP contribution in [0, 0.1) is 0 Å². The highest BCUT2D eigenvalue weighted by Crippen LogP contribution is 2.36. The molecule has 3 aromatic rings. The van der Waals surface area contributed by atoms with Crippen LogP contribution in [0.5, 0.6) is 0 Å². The number of nitrogens with one attached hydrogen (secondary N) is 1. The minimum Gasteiger partial charge on any atom is -0.366 e. The molecule has 118 valence electrons. The molecule has 0 amide bonds. The summed E-state index contributed by atoms with van der Waals surface area (Å²) in [6.45, 7) is 0. The van der Waals surface area contributed by atoms with Gasteiger partial charge in [-0.25, -0.2) is 18.4 Å². The van der Waals surface area contributed by atoms with E-state index in [1.807, 2.05) is 18.2 Å². The Balaban J connectivity index is 1.77. The van der Waals surface area contributed by atoms with Crippen LogP contribution in [-0.2, 0) is 9.84 Å². The number of anilines is 1. The van der Waals surface area contributed by atoms with Crippen molar-refractivity contribution in [2.75, 3.05) is 16.8 Å². The van der Waals surface area contributed by atoms with Crippen LogP contribution in [0.2, 0.25) is 0 Å². The summed E-state index contributed by atoms with van der Waals surface area (Å²) in [5.41, 5.74) is 2.19. The van der Waals surface area contributed by atoms with Crippen molar-refractivity contribution in [1.29, 1.82) is 0 Å². The van der Waals surface area contributed by atoms with E-state index >= 15 is 0 Å². The highest BCUT2D eigenvalue weighted by atomic mass is 32.2. The van der Waals surface area contributed by atoms with Crippen LogP contribution in [0.4, 0.5) is 5.82 Å². The molecule has 1 aromatic carbocycles. The van der Waals surface area contributed by atoms with Gasteiger partial charge in [0.1, 0.15) is 17.0 Å². The number of sulfone groups is 1. The normalized spacial score (nSPS) is 19.9. The minimum absolute atomic E-state index is 0.0818. The molecule has 1 fully saturated rings. The standard InChI is InChI=1S/C16H15N3O2S2/c20-23(21)7-6-12(9-23)19-15-14-13(11-4-2-1-3-5-11)8-22-16(14)18-10-17-15/h1-5,8,10,12H,6-7,9H2,(H,17,18,19)/t12-/m0/s1. The van der Waals surface area contributed by atoms with Gasteiger partial charge < -0.3 is 5.32 Å². The average Bonchev–Trinajstić information content (AvgIpc) is 3.12. The van der Waals surface area contributed by atoms with Gasteiger partial charge in [0.15, 0.2) is 9.84 Å². The number of benzene rings is 1. The molecule has 1 aliphatic heterocycles. The fourth-order valence-corrected chi connectivity index (χ4v) is 5.51. The van der Waals surface area contributed by atoms with E-state index in [1.54, 1.807) is 11.3 Å². The lowest BCUT2D eigenvalue weighted by molar-refractivity contribution is 0.602. The lowest BCUT2D eigenvalue weighted by Gasteiger charge is -2.13. The van der Waals surface area contributed by atoms with Crippen molar-refractivity contribution in [1.82, 2.24) is 9.97 Å². The van der Waals surface area contributed by atoms with Gasteiger partial charge >= 0.3 is 0 Å². The molecule has 0 unspecified atom stereocenters. The lowest BCUT2D eigenvalue weighted by atomic mass is 10.1. The summed E-state index contributed by atoms with van der Waals surface area (Å²) in [6.07, 6.45) is 2.15. The molecule has 5 nitrogen and oxygen atoms in total. The van der Waals surface area contributed by atoms with Crippen LogP contribution in [-0.4, -0.2) is 35.9 Å². The summed E-state index contributed by atoms with van der Waals surface area (Å²) >= 11 is 1.57. The van der Waals surface area contributed by atoms with Crippen molar-refractivity contribution < 1.29 is 8.42 Å². The van der Waals surface area contributed by atoms with Crippen molar-refractivity contribution in [3.05, 3.63) is 42.0 Å². The Morgan fingerprint density at radius 2 is 2.00 bits per heavy atom. The number of rotatable bonds is 3. The van der Waals surface area contributed by atoms with Gasteiger partial charge in [-0.2, -0.15) is 0 Å². The zero-order valence-corrected chi connectivity index (χ0v) is 13.9. The van der Waals surface area contributed by atoms with E-state index in [2.05, 4.69) is 32.8 Å². The van der Waals surface area contributed by atoms with Crippen LogP contribution in [0.3, 0.4) is 0 Å². The fourth-order valence-electron chi connectivity index (χ4n) is 2.92. The molecule has 1 aliphatic rings. The van der Waals surface area contributed by atoms with Gasteiger partial charge in [0.2, 0.25) is 0 Å². The highest BCUT2D eigenvalue weighted by Gasteiger charge is 2.28. The van der Waals surface area contributed by atoms with Crippen molar-refractivity contribution in [2.24, 2.45) is 0 Å². The van der Waals surface area contributed by atoms with Gasteiger partial charge in [-0.15, -0.1) is 11.3 Å². The summed E-state index contributed by atoms with van der Waals surface area (Å²) in [5, 5.41) is 6.35. The van der Waals surface area contributed by atoms with Gasteiger partial charge in [0, 0.05) is 17.0 Å². The Hall–Kier alpha value is -1.99. The molecule has 1 atom stereocenters. The van der Waals surface area contributed by atoms with Crippen molar-refractivity contribution in [2.45, 2.75) is 12.5 Å². The maximum absolute atomic E-state index is 11.7.